The third kappa shape index (κ3) is 3.46. The van der Waals surface area contributed by atoms with Gasteiger partial charge in [-0.1, -0.05) is 0 Å². The first-order chi connectivity index (χ1) is 15.4. The van der Waals surface area contributed by atoms with Gasteiger partial charge < -0.3 is 43.0 Å². The van der Waals surface area contributed by atoms with Crippen molar-refractivity contribution in [2.45, 2.75) is 12.2 Å². The lowest BCUT2D eigenvalue weighted by Gasteiger charge is -2.34. The molecule has 2 unspecified atom stereocenters. The molecule has 10 nitrogen and oxygen atoms in total. The predicted octanol–water partition coefficient (Wildman–Crippen LogP) is 2.78. The van der Waals surface area contributed by atoms with Gasteiger partial charge in [-0.25, -0.2) is 0 Å². The number of methoxy groups -OCH3 is 7. The standard InChI is InChI=1S/C22H26O10/c1-25-12-9-11(16(27-3)21(30-6)15(12)24)18-20(29-5)14(23)10-8-13(26-2)19(28-4)22(31-7)17(10)32-18/h8-9,18,20,24H,1-7H3. The minimum atomic E-state index is -1.06. The van der Waals surface area contributed by atoms with Crippen molar-refractivity contribution in [1.29, 1.82) is 0 Å². The molecule has 0 fully saturated rings. The van der Waals surface area contributed by atoms with Crippen molar-refractivity contribution in [2.24, 2.45) is 0 Å². The zero-order valence-electron chi connectivity index (χ0n) is 18.9. The van der Waals surface area contributed by atoms with Gasteiger partial charge in [-0.2, -0.15) is 0 Å². The SMILES string of the molecule is COc1cc(C2Oc3c(cc(OC)c(OC)c3OC)C(=O)C2OC)c(OC)c(OC)c1O. The molecule has 0 radical (unpaired) electrons. The highest BCUT2D eigenvalue weighted by atomic mass is 16.6. The van der Waals surface area contributed by atoms with Crippen molar-refractivity contribution >= 4 is 5.78 Å². The molecule has 0 spiro atoms. The molecule has 3 rings (SSSR count). The fourth-order valence-electron chi connectivity index (χ4n) is 3.76. The van der Waals surface area contributed by atoms with Crippen LogP contribution < -0.4 is 33.2 Å². The van der Waals surface area contributed by atoms with Crippen LogP contribution in [-0.2, 0) is 4.74 Å². The van der Waals surface area contributed by atoms with Crippen molar-refractivity contribution in [3.8, 4) is 46.0 Å². The van der Waals surface area contributed by atoms with E-state index in [0.717, 1.165) is 0 Å². The summed E-state index contributed by atoms with van der Waals surface area (Å²) in [6, 6.07) is 3.01. The van der Waals surface area contributed by atoms with Gasteiger partial charge in [0.05, 0.1) is 48.2 Å². The number of carbonyl (C=O) groups excluding carboxylic acids is 1. The van der Waals surface area contributed by atoms with Crippen LogP contribution in [-0.4, -0.2) is 66.8 Å². The maximum Gasteiger partial charge on any atom is 0.208 e. The van der Waals surface area contributed by atoms with Gasteiger partial charge >= 0.3 is 0 Å². The number of phenols is 1. The number of phenolic OH excluding ortho intramolecular Hbond substituents is 1. The Bertz CT molecular complexity index is 1020. The molecule has 174 valence electrons. The molecule has 1 aliphatic heterocycles. The third-order valence-corrected chi connectivity index (χ3v) is 5.22. The van der Waals surface area contributed by atoms with Crippen molar-refractivity contribution in [3.05, 3.63) is 23.3 Å². The quantitative estimate of drug-likeness (QED) is 0.644. The Kier molecular flexibility index (Phi) is 6.73. The largest absolute Gasteiger partial charge is 0.502 e. The molecule has 2 aromatic carbocycles. The molecule has 32 heavy (non-hydrogen) atoms. The highest BCUT2D eigenvalue weighted by Gasteiger charge is 2.44. The molecule has 0 aliphatic carbocycles. The number of benzene rings is 2. The van der Waals surface area contributed by atoms with E-state index in [4.69, 9.17) is 37.9 Å². The lowest BCUT2D eigenvalue weighted by Crippen LogP contribution is -2.38. The highest BCUT2D eigenvalue weighted by molar-refractivity contribution is 6.05. The van der Waals surface area contributed by atoms with Crippen molar-refractivity contribution in [2.75, 3.05) is 49.8 Å². The van der Waals surface area contributed by atoms with Gasteiger partial charge in [0.1, 0.15) is 0 Å². The summed E-state index contributed by atoms with van der Waals surface area (Å²) in [6.07, 6.45) is -2.05. The van der Waals surface area contributed by atoms with Crippen molar-refractivity contribution in [1.82, 2.24) is 0 Å². The Morgan fingerprint density at radius 3 is 1.84 bits per heavy atom. The van der Waals surface area contributed by atoms with Gasteiger partial charge in [0.2, 0.25) is 23.0 Å². The van der Waals surface area contributed by atoms with Crippen LogP contribution in [0.2, 0.25) is 0 Å². The van der Waals surface area contributed by atoms with Gasteiger partial charge in [0.25, 0.3) is 0 Å². The number of Topliss-reactive ketones (excluding diaryl/α,β-unsaturated/α-hetero) is 1. The van der Waals surface area contributed by atoms with Crippen LogP contribution in [0.25, 0.3) is 0 Å². The van der Waals surface area contributed by atoms with Crippen LogP contribution in [0.1, 0.15) is 22.0 Å². The molecule has 2 aromatic rings. The molecule has 2 atom stereocenters. The van der Waals surface area contributed by atoms with Crippen molar-refractivity contribution in [3.63, 3.8) is 0 Å². The number of carbonyl (C=O) groups is 1. The van der Waals surface area contributed by atoms with Crippen LogP contribution in [0.3, 0.4) is 0 Å². The minimum Gasteiger partial charge on any atom is -0.502 e. The highest BCUT2D eigenvalue weighted by Crippen LogP contribution is 2.54. The molecule has 1 N–H and O–H groups in total. The number of ether oxygens (including phenoxy) is 8. The Morgan fingerprint density at radius 1 is 0.750 bits per heavy atom. The van der Waals surface area contributed by atoms with Crippen LogP contribution in [0.5, 0.6) is 46.0 Å². The zero-order chi connectivity index (χ0) is 23.6. The van der Waals surface area contributed by atoms with E-state index in [2.05, 4.69) is 0 Å². The minimum absolute atomic E-state index is 0.0258. The number of hydrogen-bond acceptors (Lipinski definition) is 10. The van der Waals surface area contributed by atoms with Gasteiger partial charge in [-0.05, 0) is 12.1 Å². The van der Waals surface area contributed by atoms with Crippen LogP contribution in [0, 0.1) is 0 Å². The summed E-state index contributed by atoms with van der Waals surface area (Å²) in [7, 11) is 9.89. The maximum atomic E-state index is 13.4. The first-order valence-electron chi connectivity index (χ1n) is 9.50. The normalized spacial score (nSPS) is 17.2. The summed E-state index contributed by atoms with van der Waals surface area (Å²) in [5.41, 5.74) is 0.570. The van der Waals surface area contributed by atoms with E-state index in [1.165, 1.54) is 61.9 Å². The summed E-state index contributed by atoms with van der Waals surface area (Å²) >= 11 is 0. The van der Waals surface area contributed by atoms with E-state index in [1.54, 1.807) is 0 Å². The first kappa shape index (κ1) is 23.1. The lowest BCUT2D eigenvalue weighted by atomic mass is 9.91. The second-order valence-corrected chi connectivity index (χ2v) is 6.66. The van der Waals surface area contributed by atoms with Crippen LogP contribution >= 0.6 is 0 Å². The monoisotopic (exact) mass is 450 g/mol. The van der Waals surface area contributed by atoms with Gasteiger partial charge in [0, 0.05) is 12.7 Å². The molecule has 1 aliphatic rings. The van der Waals surface area contributed by atoms with Crippen LogP contribution in [0.4, 0.5) is 0 Å². The molecule has 0 bridgehead atoms. The fourth-order valence-corrected chi connectivity index (χ4v) is 3.76. The summed E-state index contributed by atoms with van der Waals surface area (Å²) in [6.45, 7) is 0. The van der Waals surface area contributed by atoms with Gasteiger partial charge in [-0.15, -0.1) is 0 Å². The summed E-state index contributed by atoms with van der Waals surface area (Å²) in [5.74, 6) is 0.581. The number of fused-ring (bicyclic) bond motifs is 1. The lowest BCUT2D eigenvalue weighted by molar-refractivity contribution is -0.00277. The fraction of sp³-hybridized carbons (Fsp3) is 0.409. The van der Waals surface area contributed by atoms with Gasteiger partial charge in [-0.3, -0.25) is 4.79 Å². The van der Waals surface area contributed by atoms with E-state index in [9.17, 15) is 9.90 Å². The smallest absolute Gasteiger partial charge is 0.208 e. The van der Waals surface area contributed by atoms with E-state index in [-0.39, 0.29) is 51.6 Å². The van der Waals surface area contributed by atoms with Gasteiger partial charge in [0.15, 0.2) is 41.0 Å². The molecule has 10 heteroatoms. The Labute approximate surface area is 185 Å². The average Bonchev–Trinajstić information content (AvgIpc) is 2.82. The average molecular weight is 450 g/mol. The molecule has 0 aromatic heterocycles. The van der Waals surface area contributed by atoms with E-state index in [1.807, 2.05) is 0 Å². The molecular weight excluding hydrogens is 424 g/mol. The summed E-state index contributed by atoms with van der Waals surface area (Å²) < 4.78 is 44.1. The number of ketones is 1. The molecule has 0 saturated carbocycles. The molecule has 0 saturated heterocycles. The number of rotatable bonds is 8. The number of aromatic hydroxyl groups is 1. The van der Waals surface area contributed by atoms with E-state index in [0.29, 0.717) is 11.3 Å². The van der Waals surface area contributed by atoms with E-state index >= 15 is 0 Å². The van der Waals surface area contributed by atoms with Crippen molar-refractivity contribution < 1.29 is 47.8 Å². The topological polar surface area (TPSA) is 111 Å². The first-order valence-corrected chi connectivity index (χ1v) is 9.50. The summed E-state index contributed by atoms with van der Waals surface area (Å²) in [4.78, 5) is 13.4. The summed E-state index contributed by atoms with van der Waals surface area (Å²) in [5, 5.41) is 10.4. The maximum absolute atomic E-state index is 13.4. The van der Waals surface area contributed by atoms with Crippen LogP contribution in [0.15, 0.2) is 12.1 Å². The molecule has 1 heterocycles. The molecular formula is C22H26O10. The number of hydrogen-bond donors (Lipinski definition) is 1. The van der Waals surface area contributed by atoms with E-state index < -0.39 is 12.2 Å². The second kappa shape index (κ2) is 9.31. The molecule has 0 amide bonds. The second-order valence-electron chi connectivity index (χ2n) is 6.66. The Hall–Kier alpha value is -3.53. The predicted molar refractivity (Wildman–Crippen MR) is 112 cm³/mol. The Morgan fingerprint density at radius 2 is 1.34 bits per heavy atom. The third-order valence-electron chi connectivity index (χ3n) is 5.22. The zero-order valence-corrected chi connectivity index (χ0v) is 18.9. The Balaban J connectivity index is 2.29.